The highest BCUT2D eigenvalue weighted by molar-refractivity contribution is 5.79. The monoisotopic (exact) mass is 279 g/mol. The molecule has 0 spiro atoms. The van der Waals surface area contributed by atoms with E-state index in [0.29, 0.717) is 5.92 Å². The average Bonchev–Trinajstić information content (AvgIpc) is 2.48. The van der Waals surface area contributed by atoms with Crippen molar-refractivity contribution in [2.75, 3.05) is 20.1 Å². The molecule has 3 nitrogen and oxygen atoms in total. The lowest BCUT2D eigenvalue weighted by Crippen LogP contribution is -2.40. The van der Waals surface area contributed by atoms with Crippen LogP contribution in [0.3, 0.4) is 0 Å². The third-order valence-corrected chi connectivity index (χ3v) is 3.56. The van der Waals surface area contributed by atoms with Crippen LogP contribution in [-0.4, -0.2) is 26.1 Å². The molecule has 1 aromatic rings. The second-order valence-electron chi connectivity index (χ2n) is 4.94. The maximum absolute atomic E-state index is 12.8. The molecule has 0 aliphatic rings. The van der Waals surface area contributed by atoms with Gasteiger partial charge >= 0.3 is 0 Å². The summed E-state index contributed by atoms with van der Waals surface area (Å²) in [5.74, 6) is 1.33. The first kappa shape index (κ1) is 16.5. The first-order valence-electron chi connectivity index (χ1n) is 7.38. The average molecular weight is 279 g/mol. The molecule has 0 saturated carbocycles. The standard InChI is InChI=1S/C16H26FN3/c1-4-13(5-2)12-20-16(18-3)19-11-10-14-6-8-15(17)9-7-14/h6-9,13H,4-5,10-12H2,1-3H3,(H2,18,19,20). The lowest BCUT2D eigenvalue weighted by atomic mass is 10.0. The Kier molecular flexibility index (Phi) is 7.70. The van der Waals surface area contributed by atoms with Crippen LogP contribution in [0.2, 0.25) is 0 Å². The molecule has 0 bridgehead atoms. The van der Waals surface area contributed by atoms with E-state index < -0.39 is 0 Å². The fourth-order valence-corrected chi connectivity index (χ4v) is 2.02. The Morgan fingerprint density at radius 3 is 2.35 bits per heavy atom. The van der Waals surface area contributed by atoms with Gasteiger partial charge in [-0.3, -0.25) is 4.99 Å². The number of aliphatic imine (C=N–C) groups is 1. The summed E-state index contributed by atoms with van der Waals surface area (Å²) >= 11 is 0. The van der Waals surface area contributed by atoms with Gasteiger partial charge in [0.2, 0.25) is 0 Å². The van der Waals surface area contributed by atoms with E-state index in [9.17, 15) is 4.39 Å². The third kappa shape index (κ3) is 6.04. The predicted octanol–water partition coefficient (Wildman–Crippen LogP) is 2.97. The van der Waals surface area contributed by atoms with Crippen LogP contribution in [0, 0.1) is 11.7 Å². The van der Waals surface area contributed by atoms with E-state index >= 15 is 0 Å². The summed E-state index contributed by atoms with van der Waals surface area (Å²) in [4.78, 5) is 4.21. The van der Waals surface area contributed by atoms with Crippen LogP contribution in [0.4, 0.5) is 4.39 Å². The first-order valence-corrected chi connectivity index (χ1v) is 7.38. The van der Waals surface area contributed by atoms with Gasteiger partial charge in [-0.15, -0.1) is 0 Å². The molecule has 0 radical (unpaired) electrons. The van der Waals surface area contributed by atoms with Gasteiger partial charge in [0.05, 0.1) is 0 Å². The van der Waals surface area contributed by atoms with Crippen LogP contribution in [-0.2, 0) is 6.42 Å². The molecule has 0 amide bonds. The molecule has 0 fully saturated rings. The molecule has 0 aromatic heterocycles. The highest BCUT2D eigenvalue weighted by atomic mass is 19.1. The molecule has 20 heavy (non-hydrogen) atoms. The molecule has 0 saturated heterocycles. The van der Waals surface area contributed by atoms with Crippen LogP contribution in [0.15, 0.2) is 29.3 Å². The zero-order valence-electron chi connectivity index (χ0n) is 12.7. The zero-order chi connectivity index (χ0) is 14.8. The van der Waals surface area contributed by atoms with Crippen molar-refractivity contribution in [3.8, 4) is 0 Å². The molecule has 2 N–H and O–H groups in total. The Morgan fingerprint density at radius 2 is 1.80 bits per heavy atom. The van der Waals surface area contributed by atoms with Gasteiger partial charge < -0.3 is 10.6 Å². The maximum atomic E-state index is 12.8. The van der Waals surface area contributed by atoms with Crippen molar-refractivity contribution >= 4 is 5.96 Å². The van der Waals surface area contributed by atoms with E-state index in [0.717, 1.165) is 31.0 Å². The highest BCUT2D eigenvalue weighted by Gasteiger charge is 2.04. The Hall–Kier alpha value is -1.58. The Morgan fingerprint density at radius 1 is 1.15 bits per heavy atom. The number of nitrogens with one attached hydrogen (secondary N) is 2. The number of guanidine groups is 1. The minimum absolute atomic E-state index is 0.190. The van der Waals surface area contributed by atoms with E-state index in [1.165, 1.54) is 25.0 Å². The fraction of sp³-hybridized carbons (Fsp3) is 0.562. The summed E-state index contributed by atoms with van der Waals surface area (Å²) in [5.41, 5.74) is 1.12. The summed E-state index contributed by atoms with van der Waals surface area (Å²) < 4.78 is 12.8. The molecular weight excluding hydrogens is 253 g/mol. The lowest BCUT2D eigenvalue weighted by molar-refractivity contribution is 0.481. The number of nitrogens with zero attached hydrogens (tertiary/aromatic N) is 1. The van der Waals surface area contributed by atoms with E-state index in [1.54, 1.807) is 7.05 Å². The largest absolute Gasteiger partial charge is 0.356 e. The van der Waals surface area contributed by atoms with Gasteiger partial charge in [-0.2, -0.15) is 0 Å². The molecule has 112 valence electrons. The second-order valence-corrected chi connectivity index (χ2v) is 4.94. The van der Waals surface area contributed by atoms with Crippen molar-refractivity contribution < 1.29 is 4.39 Å². The van der Waals surface area contributed by atoms with Gasteiger partial charge in [0.25, 0.3) is 0 Å². The first-order chi connectivity index (χ1) is 9.69. The Labute approximate surface area is 121 Å². The van der Waals surface area contributed by atoms with E-state index in [1.807, 2.05) is 12.1 Å². The minimum atomic E-state index is -0.190. The van der Waals surface area contributed by atoms with Crippen molar-refractivity contribution in [1.82, 2.24) is 10.6 Å². The van der Waals surface area contributed by atoms with E-state index in [2.05, 4.69) is 29.5 Å². The summed E-state index contributed by atoms with van der Waals surface area (Å²) in [6, 6.07) is 6.62. The van der Waals surface area contributed by atoms with Crippen LogP contribution in [0.25, 0.3) is 0 Å². The summed E-state index contributed by atoms with van der Waals surface area (Å²) in [5, 5.41) is 6.63. The van der Waals surface area contributed by atoms with E-state index in [-0.39, 0.29) is 5.82 Å². The molecule has 1 aromatic carbocycles. The smallest absolute Gasteiger partial charge is 0.190 e. The molecule has 0 aliphatic carbocycles. The molecule has 1 rings (SSSR count). The number of halogens is 1. The predicted molar refractivity (Wildman–Crippen MR) is 83.5 cm³/mol. The molecule has 0 heterocycles. The second kappa shape index (κ2) is 9.34. The SMILES string of the molecule is CCC(CC)CNC(=NC)NCCc1ccc(F)cc1. The summed E-state index contributed by atoms with van der Waals surface area (Å²) in [6.07, 6.45) is 3.21. The van der Waals surface area contributed by atoms with Gasteiger partial charge in [-0.25, -0.2) is 4.39 Å². The Bertz CT molecular complexity index is 397. The molecule has 0 unspecified atom stereocenters. The number of hydrogen-bond acceptors (Lipinski definition) is 1. The van der Waals surface area contributed by atoms with Gasteiger partial charge in [0, 0.05) is 20.1 Å². The van der Waals surface area contributed by atoms with Crippen molar-refractivity contribution in [3.05, 3.63) is 35.6 Å². The quantitative estimate of drug-likeness (QED) is 0.594. The van der Waals surface area contributed by atoms with Gasteiger partial charge in [0.15, 0.2) is 5.96 Å². The molecular formula is C16H26FN3. The van der Waals surface area contributed by atoms with E-state index in [4.69, 9.17) is 0 Å². The lowest BCUT2D eigenvalue weighted by Gasteiger charge is -2.16. The van der Waals surface area contributed by atoms with Crippen LogP contribution in [0.1, 0.15) is 32.3 Å². The van der Waals surface area contributed by atoms with Crippen molar-refractivity contribution in [2.45, 2.75) is 33.1 Å². The molecule has 4 heteroatoms. The maximum Gasteiger partial charge on any atom is 0.190 e. The van der Waals surface area contributed by atoms with Crippen molar-refractivity contribution in [1.29, 1.82) is 0 Å². The Balaban J connectivity index is 2.29. The summed E-state index contributed by atoms with van der Waals surface area (Å²) in [7, 11) is 1.78. The van der Waals surface area contributed by atoms with Gasteiger partial charge in [-0.1, -0.05) is 38.8 Å². The third-order valence-electron chi connectivity index (χ3n) is 3.56. The topological polar surface area (TPSA) is 36.4 Å². The zero-order valence-corrected chi connectivity index (χ0v) is 12.7. The number of rotatable bonds is 7. The van der Waals surface area contributed by atoms with Crippen molar-refractivity contribution in [2.24, 2.45) is 10.9 Å². The highest BCUT2D eigenvalue weighted by Crippen LogP contribution is 2.05. The van der Waals surface area contributed by atoms with Crippen molar-refractivity contribution in [3.63, 3.8) is 0 Å². The fourth-order valence-electron chi connectivity index (χ4n) is 2.02. The van der Waals surface area contributed by atoms with Crippen LogP contribution in [0.5, 0.6) is 0 Å². The number of hydrogen-bond donors (Lipinski definition) is 2. The number of benzene rings is 1. The molecule has 0 aliphatic heterocycles. The molecule has 0 atom stereocenters. The minimum Gasteiger partial charge on any atom is -0.356 e. The van der Waals surface area contributed by atoms with Crippen LogP contribution < -0.4 is 10.6 Å². The normalized spacial score (nSPS) is 11.8. The summed E-state index contributed by atoms with van der Waals surface area (Å²) in [6.45, 7) is 6.15. The van der Waals surface area contributed by atoms with Gasteiger partial charge in [-0.05, 0) is 30.0 Å². The van der Waals surface area contributed by atoms with Gasteiger partial charge in [0.1, 0.15) is 5.82 Å². The van der Waals surface area contributed by atoms with Crippen LogP contribution >= 0.6 is 0 Å².